The maximum atomic E-state index is 11.9. The fourth-order valence-corrected chi connectivity index (χ4v) is 2.78. The Morgan fingerprint density at radius 1 is 1.38 bits per heavy atom. The Balaban J connectivity index is 2.67. The van der Waals surface area contributed by atoms with E-state index in [9.17, 15) is 9.59 Å². The minimum atomic E-state index is -0.870. The van der Waals surface area contributed by atoms with Crippen molar-refractivity contribution in [1.29, 1.82) is 0 Å². The van der Waals surface area contributed by atoms with Gasteiger partial charge in [0, 0.05) is 6.42 Å². The van der Waals surface area contributed by atoms with Crippen LogP contribution in [-0.4, -0.2) is 16.9 Å². The minimum Gasteiger partial charge on any atom is -0.481 e. The summed E-state index contributed by atoms with van der Waals surface area (Å²) in [6.07, 6.45) is 0.261. The summed E-state index contributed by atoms with van der Waals surface area (Å²) in [5, 5.41) is 8.72. The molecule has 1 aromatic heterocycles. The number of halogens is 1. The zero-order chi connectivity index (χ0) is 12.3. The highest BCUT2D eigenvalue weighted by Gasteiger charge is 2.26. The second-order valence-corrected chi connectivity index (χ2v) is 6.90. The highest BCUT2D eigenvalue weighted by Crippen LogP contribution is 2.30. The van der Waals surface area contributed by atoms with E-state index in [1.54, 1.807) is 19.9 Å². The summed E-state index contributed by atoms with van der Waals surface area (Å²) < 4.78 is 0.909. The average Bonchev–Trinajstić information content (AvgIpc) is 2.47. The SMILES string of the molecule is CC(C)(CC(=O)O)CC(=O)c1ccc(Br)s1. The second kappa shape index (κ2) is 5.10. The summed E-state index contributed by atoms with van der Waals surface area (Å²) in [4.78, 5) is 23.1. The Morgan fingerprint density at radius 2 is 2.00 bits per heavy atom. The number of aliphatic carboxylic acids is 1. The summed E-state index contributed by atoms with van der Waals surface area (Å²) in [6.45, 7) is 3.59. The van der Waals surface area contributed by atoms with E-state index in [-0.39, 0.29) is 18.6 Å². The lowest BCUT2D eigenvalue weighted by Crippen LogP contribution is -2.20. The van der Waals surface area contributed by atoms with Gasteiger partial charge in [-0.2, -0.15) is 0 Å². The molecule has 0 unspecified atom stereocenters. The molecular formula is C11H13BrO3S. The van der Waals surface area contributed by atoms with Gasteiger partial charge in [-0.25, -0.2) is 0 Å². The lowest BCUT2D eigenvalue weighted by molar-refractivity contribution is -0.139. The molecule has 0 saturated carbocycles. The molecule has 0 aliphatic rings. The highest BCUT2D eigenvalue weighted by atomic mass is 79.9. The molecule has 0 aliphatic heterocycles. The molecule has 1 N–H and O–H groups in total. The van der Waals surface area contributed by atoms with Crippen LogP contribution >= 0.6 is 27.3 Å². The number of ketones is 1. The van der Waals surface area contributed by atoms with E-state index in [2.05, 4.69) is 15.9 Å². The molecule has 16 heavy (non-hydrogen) atoms. The topological polar surface area (TPSA) is 54.4 Å². The maximum Gasteiger partial charge on any atom is 0.303 e. The first-order valence-corrected chi connectivity index (χ1v) is 6.41. The Bertz CT molecular complexity index is 409. The van der Waals surface area contributed by atoms with E-state index in [1.807, 2.05) is 6.07 Å². The highest BCUT2D eigenvalue weighted by molar-refractivity contribution is 9.11. The van der Waals surface area contributed by atoms with Crippen molar-refractivity contribution in [2.75, 3.05) is 0 Å². The van der Waals surface area contributed by atoms with Crippen LogP contribution in [0.25, 0.3) is 0 Å². The Kier molecular flexibility index (Phi) is 4.27. The minimum absolute atomic E-state index is 0.00181. The summed E-state index contributed by atoms with van der Waals surface area (Å²) in [5.74, 6) is -0.868. The van der Waals surface area contributed by atoms with Crippen LogP contribution in [0.2, 0.25) is 0 Å². The Morgan fingerprint density at radius 3 is 2.44 bits per heavy atom. The molecule has 0 aromatic carbocycles. The van der Waals surface area contributed by atoms with E-state index >= 15 is 0 Å². The monoisotopic (exact) mass is 304 g/mol. The fourth-order valence-electron chi connectivity index (χ4n) is 1.46. The van der Waals surface area contributed by atoms with Gasteiger partial charge in [0.2, 0.25) is 0 Å². The van der Waals surface area contributed by atoms with Crippen molar-refractivity contribution in [2.24, 2.45) is 5.41 Å². The molecule has 0 aliphatic carbocycles. The first-order chi connectivity index (χ1) is 7.30. The van der Waals surface area contributed by atoms with Crippen LogP contribution < -0.4 is 0 Å². The molecule has 0 amide bonds. The number of hydrogen-bond donors (Lipinski definition) is 1. The van der Waals surface area contributed by atoms with E-state index < -0.39 is 11.4 Å². The van der Waals surface area contributed by atoms with Crippen molar-refractivity contribution in [3.63, 3.8) is 0 Å². The van der Waals surface area contributed by atoms with Gasteiger partial charge >= 0.3 is 5.97 Å². The molecule has 3 nitrogen and oxygen atoms in total. The van der Waals surface area contributed by atoms with Crippen LogP contribution in [0.5, 0.6) is 0 Å². The van der Waals surface area contributed by atoms with Gasteiger partial charge < -0.3 is 5.11 Å². The van der Waals surface area contributed by atoms with Gasteiger partial charge in [-0.3, -0.25) is 9.59 Å². The van der Waals surface area contributed by atoms with Crippen LogP contribution in [0.1, 0.15) is 36.4 Å². The Labute approximate surface area is 107 Å². The Hall–Kier alpha value is -0.680. The van der Waals surface area contributed by atoms with Gasteiger partial charge in [-0.15, -0.1) is 11.3 Å². The lowest BCUT2D eigenvalue weighted by atomic mass is 9.84. The largest absolute Gasteiger partial charge is 0.481 e. The first-order valence-electron chi connectivity index (χ1n) is 4.80. The van der Waals surface area contributed by atoms with Gasteiger partial charge in [-0.05, 0) is 33.5 Å². The third kappa shape index (κ3) is 4.06. The van der Waals surface area contributed by atoms with Crippen LogP contribution in [0.4, 0.5) is 0 Å². The van der Waals surface area contributed by atoms with Crippen molar-refractivity contribution in [3.8, 4) is 0 Å². The van der Waals surface area contributed by atoms with E-state index in [4.69, 9.17) is 5.11 Å². The number of thiophene rings is 1. The van der Waals surface area contributed by atoms with E-state index in [0.29, 0.717) is 4.88 Å². The van der Waals surface area contributed by atoms with Crippen molar-refractivity contribution < 1.29 is 14.7 Å². The van der Waals surface area contributed by atoms with Gasteiger partial charge in [0.25, 0.3) is 0 Å². The van der Waals surface area contributed by atoms with Gasteiger partial charge in [0.05, 0.1) is 15.1 Å². The summed E-state index contributed by atoms with van der Waals surface area (Å²) in [6, 6.07) is 3.58. The summed E-state index contributed by atoms with van der Waals surface area (Å²) >= 11 is 4.67. The average molecular weight is 305 g/mol. The smallest absolute Gasteiger partial charge is 0.303 e. The van der Waals surface area contributed by atoms with Crippen molar-refractivity contribution >= 4 is 39.0 Å². The first kappa shape index (κ1) is 13.4. The maximum absolute atomic E-state index is 11.9. The predicted octanol–water partition coefficient (Wildman–Crippen LogP) is 3.58. The normalized spacial score (nSPS) is 11.4. The lowest BCUT2D eigenvalue weighted by Gasteiger charge is -2.20. The quantitative estimate of drug-likeness (QED) is 0.846. The third-order valence-electron chi connectivity index (χ3n) is 2.12. The molecule has 0 atom stereocenters. The fraction of sp³-hybridized carbons (Fsp3) is 0.455. The molecule has 0 radical (unpaired) electrons. The predicted molar refractivity (Wildman–Crippen MR) is 67.0 cm³/mol. The number of carboxylic acid groups (broad SMARTS) is 1. The molecule has 88 valence electrons. The molecule has 5 heteroatoms. The van der Waals surface area contributed by atoms with Crippen LogP contribution in [-0.2, 0) is 4.79 Å². The molecule has 0 saturated heterocycles. The molecule has 1 aromatic rings. The number of rotatable bonds is 5. The standard InChI is InChI=1S/C11H13BrO3S/c1-11(2,6-10(14)15)5-7(13)8-3-4-9(12)16-8/h3-4H,5-6H2,1-2H3,(H,14,15). The zero-order valence-electron chi connectivity index (χ0n) is 9.12. The number of carbonyl (C=O) groups is 2. The van der Waals surface area contributed by atoms with Crippen molar-refractivity contribution in [1.82, 2.24) is 0 Å². The van der Waals surface area contributed by atoms with Gasteiger partial charge in [-0.1, -0.05) is 13.8 Å². The molecule has 1 heterocycles. The van der Waals surface area contributed by atoms with Gasteiger partial charge in [0.1, 0.15) is 0 Å². The number of carboxylic acids is 1. The van der Waals surface area contributed by atoms with Crippen LogP contribution in [0.15, 0.2) is 15.9 Å². The number of hydrogen-bond acceptors (Lipinski definition) is 3. The van der Waals surface area contributed by atoms with E-state index in [0.717, 1.165) is 3.79 Å². The third-order valence-corrected chi connectivity index (χ3v) is 3.78. The van der Waals surface area contributed by atoms with Crippen molar-refractivity contribution in [2.45, 2.75) is 26.7 Å². The molecule has 0 fully saturated rings. The molecule has 0 bridgehead atoms. The number of carbonyl (C=O) groups excluding carboxylic acids is 1. The molecular weight excluding hydrogens is 292 g/mol. The molecule has 0 spiro atoms. The summed E-state index contributed by atoms with van der Waals surface area (Å²) in [5.41, 5.74) is -0.501. The number of Topliss-reactive ketones (excluding diaryl/α,β-unsaturated/α-hetero) is 1. The van der Waals surface area contributed by atoms with Crippen LogP contribution in [0, 0.1) is 5.41 Å². The zero-order valence-corrected chi connectivity index (χ0v) is 11.5. The second-order valence-electron chi connectivity index (χ2n) is 4.44. The van der Waals surface area contributed by atoms with Gasteiger partial charge in [0.15, 0.2) is 5.78 Å². The summed E-state index contributed by atoms with van der Waals surface area (Å²) in [7, 11) is 0. The van der Waals surface area contributed by atoms with Crippen molar-refractivity contribution in [3.05, 3.63) is 20.8 Å². The molecule has 1 rings (SSSR count). The van der Waals surface area contributed by atoms with Crippen LogP contribution in [0.3, 0.4) is 0 Å². The van der Waals surface area contributed by atoms with E-state index in [1.165, 1.54) is 11.3 Å².